The average molecular weight is 891 g/mol. The predicted molar refractivity (Wildman–Crippen MR) is 258 cm³/mol. The number of thioether (sulfide) groups is 1. The highest BCUT2D eigenvalue weighted by Gasteiger charge is 2.51. The number of carbonyl (C=O) groups is 3. The highest BCUT2D eigenvalue weighted by atomic mass is 32.2. The van der Waals surface area contributed by atoms with Crippen molar-refractivity contribution >= 4 is 35.2 Å². The Bertz CT molecular complexity index is 2800. The molecular weight excluding hydrogens is 845 g/mol. The van der Waals surface area contributed by atoms with Gasteiger partial charge in [-0.1, -0.05) is 188 Å². The van der Waals surface area contributed by atoms with Crippen LogP contribution in [-0.2, 0) is 23.7 Å². The fourth-order valence-corrected chi connectivity index (χ4v) is 9.42. The number of aliphatic hydroxyl groups excluding tert-OH is 1. The van der Waals surface area contributed by atoms with Crippen molar-refractivity contribution in [3.63, 3.8) is 0 Å². The van der Waals surface area contributed by atoms with Crippen molar-refractivity contribution in [1.29, 1.82) is 0 Å². The molecule has 3 unspecified atom stereocenters. The molecule has 328 valence electrons. The first-order chi connectivity index (χ1) is 32.4. The maximum Gasteiger partial charge on any atom is 0.338 e. The van der Waals surface area contributed by atoms with Crippen LogP contribution in [0, 0.1) is 5.92 Å². The zero-order chi connectivity index (χ0) is 45.2. The molecule has 1 fully saturated rings. The first-order valence-corrected chi connectivity index (χ1v) is 22.8. The van der Waals surface area contributed by atoms with Crippen LogP contribution in [0.4, 0.5) is 0 Å². The summed E-state index contributed by atoms with van der Waals surface area (Å²) in [4.78, 5) is 41.9. The SMILES string of the molecule is O=C(OC[C@H]1SC(OC(O)c2ccc(-c3ccccc3)cc2)[C@H](OC(=O)C2C=CC(c3ccccc3)=CC2)[C@H]1OC(=O)c1ccc(-c2ccccc2)cc1)c1ccc(-c2ccccc2)cc1. The van der Waals surface area contributed by atoms with Crippen molar-refractivity contribution in [1.82, 2.24) is 0 Å². The number of hydrogen-bond donors (Lipinski definition) is 1. The Labute approximate surface area is 388 Å². The Morgan fingerprint density at radius 1 is 0.530 bits per heavy atom. The van der Waals surface area contributed by atoms with E-state index in [4.69, 9.17) is 18.9 Å². The van der Waals surface area contributed by atoms with Gasteiger partial charge < -0.3 is 24.1 Å². The smallest absolute Gasteiger partial charge is 0.338 e. The van der Waals surface area contributed by atoms with Gasteiger partial charge >= 0.3 is 17.9 Å². The number of allylic oxidation sites excluding steroid dienone is 3. The number of rotatable bonds is 14. The van der Waals surface area contributed by atoms with Gasteiger partial charge in [-0.3, -0.25) is 4.79 Å². The van der Waals surface area contributed by atoms with E-state index in [1.165, 1.54) is 11.8 Å². The van der Waals surface area contributed by atoms with Gasteiger partial charge in [0.25, 0.3) is 0 Å². The topological polar surface area (TPSA) is 108 Å². The Morgan fingerprint density at radius 3 is 1.47 bits per heavy atom. The lowest BCUT2D eigenvalue weighted by Crippen LogP contribution is -2.43. The van der Waals surface area contributed by atoms with E-state index in [0.717, 1.165) is 44.5 Å². The Hall–Kier alpha value is -7.30. The lowest BCUT2D eigenvalue weighted by Gasteiger charge is -2.28. The number of esters is 3. The van der Waals surface area contributed by atoms with Gasteiger partial charge in [0.1, 0.15) is 12.0 Å². The minimum Gasteiger partial charge on any atom is -0.461 e. The number of aliphatic hydroxyl groups is 1. The van der Waals surface area contributed by atoms with Crippen LogP contribution in [0.2, 0.25) is 0 Å². The first kappa shape index (κ1) is 43.9. The van der Waals surface area contributed by atoms with Crippen LogP contribution in [0.5, 0.6) is 0 Å². The van der Waals surface area contributed by atoms with Gasteiger partial charge in [0, 0.05) is 5.56 Å². The van der Waals surface area contributed by atoms with Crippen LogP contribution >= 0.6 is 11.8 Å². The summed E-state index contributed by atoms with van der Waals surface area (Å²) >= 11 is 1.17. The van der Waals surface area contributed by atoms with Crippen LogP contribution in [0.15, 0.2) is 212 Å². The van der Waals surface area contributed by atoms with Crippen LogP contribution in [0.1, 0.15) is 44.6 Å². The molecule has 1 aliphatic heterocycles. The van der Waals surface area contributed by atoms with Crippen LogP contribution in [-0.4, -0.2) is 52.5 Å². The number of ether oxygens (including phenoxy) is 4. The molecule has 0 radical (unpaired) electrons. The first-order valence-electron chi connectivity index (χ1n) is 21.8. The van der Waals surface area contributed by atoms with Gasteiger partial charge in [0.15, 0.2) is 18.5 Å². The third-order valence-corrected chi connectivity index (χ3v) is 13.1. The summed E-state index contributed by atoms with van der Waals surface area (Å²) in [6.45, 7) is -0.225. The quantitative estimate of drug-likeness (QED) is 0.0648. The molecule has 1 saturated heterocycles. The third-order valence-electron chi connectivity index (χ3n) is 11.7. The summed E-state index contributed by atoms with van der Waals surface area (Å²) in [5, 5.41) is 10.8. The van der Waals surface area contributed by atoms with Gasteiger partial charge in [-0.15, -0.1) is 11.8 Å². The minimum atomic E-state index is -1.45. The normalized spacial score (nSPS) is 19.3. The summed E-state index contributed by atoms with van der Waals surface area (Å²) in [5.41, 5.74) is 7.88. The second kappa shape index (κ2) is 20.7. The fourth-order valence-electron chi connectivity index (χ4n) is 8.03. The maximum absolute atomic E-state index is 14.2. The van der Waals surface area contributed by atoms with Crippen molar-refractivity contribution < 1.29 is 38.4 Å². The molecule has 0 aromatic heterocycles. The molecule has 1 heterocycles. The summed E-state index contributed by atoms with van der Waals surface area (Å²) in [5.74, 6) is -2.45. The largest absolute Gasteiger partial charge is 0.461 e. The standard InChI is InChI=1S/C57H46O8S/c58-53(46-29-21-42(22-30-46)38-13-5-1-6-14-38)62-37-50-51(63-54(59)47-31-23-43(24-32-47)39-15-7-2-8-16-39)52(64-55(60)48-33-25-44(26-34-48)40-17-9-3-10-18-40)57(66-50)65-56(61)49-35-27-45(28-36-49)41-19-11-4-12-20-41/h1-33,35-36,48,50-52,56-57,61H,34,37H2/t48?,50-,51+,52-,56?,57?/m1/s1. The molecule has 7 aromatic rings. The van der Waals surface area contributed by atoms with Crippen molar-refractivity contribution in [3.05, 3.63) is 235 Å². The molecule has 66 heavy (non-hydrogen) atoms. The molecule has 1 N–H and O–H groups in total. The summed E-state index contributed by atoms with van der Waals surface area (Å²) < 4.78 is 24.9. The molecule has 0 saturated carbocycles. The number of hydrogen-bond acceptors (Lipinski definition) is 9. The Balaban J connectivity index is 0.988. The molecule has 9 heteroatoms. The van der Waals surface area contributed by atoms with E-state index in [2.05, 4.69) is 0 Å². The van der Waals surface area contributed by atoms with E-state index in [1.54, 1.807) is 36.4 Å². The molecule has 0 spiro atoms. The van der Waals surface area contributed by atoms with Gasteiger partial charge in [0.2, 0.25) is 0 Å². The average Bonchev–Trinajstić information content (AvgIpc) is 3.70. The Morgan fingerprint density at radius 2 is 0.985 bits per heavy atom. The van der Waals surface area contributed by atoms with E-state index in [1.807, 2.05) is 176 Å². The molecule has 0 bridgehead atoms. The van der Waals surface area contributed by atoms with Crippen LogP contribution in [0.3, 0.4) is 0 Å². The van der Waals surface area contributed by atoms with Crippen LogP contribution < -0.4 is 0 Å². The number of benzene rings is 7. The summed E-state index contributed by atoms with van der Waals surface area (Å²) in [6.07, 6.45) is 2.26. The van der Waals surface area contributed by atoms with Crippen molar-refractivity contribution in [2.45, 2.75) is 35.6 Å². The predicted octanol–water partition coefficient (Wildman–Crippen LogP) is 11.8. The second-order valence-corrected chi connectivity index (χ2v) is 17.3. The minimum absolute atomic E-state index is 0.225. The zero-order valence-electron chi connectivity index (χ0n) is 35.8. The van der Waals surface area contributed by atoms with Crippen molar-refractivity contribution in [2.24, 2.45) is 5.92 Å². The molecule has 7 aromatic carbocycles. The lowest BCUT2D eigenvalue weighted by molar-refractivity contribution is -0.180. The van der Waals surface area contributed by atoms with Crippen molar-refractivity contribution in [2.75, 3.05) is 6.61 Å². The van der Waals surface area contributed by atoms with E-state index >= 15 is 0 Å². The van der Waals surface area contributed by atoms with E-state index in [-0.39, 0.29) is 12.2 Å². The van der Waals surface area contributed by atoms with Crippen molar-refractivity contribution in [3.8, 4) is 33.4 Å². The highest BCUT2D eigenvalue weighted by Crippen LogP contribution is 2.42. The second-order valence-electron chi connectivity index (χ2n) is 16.0. The van der Waals surface area contributed by atoms with Gasteiger partial charge in [-0.2, -0.15) is 0 Å². The molecule has 8 nitrogen and oxygen atoms in total. The number of carbonyl (C=O) groups excluding carboxylic acids is 3. The Kier molecular flexibility index (Phi) is 13.8. The molecule has 0 amide bonds. The summed E-state index contributed by atoms with van der Waals surface area (Å²) in [6, 6.07) is 60.9. The zero-order valence-corrected chi connectivity index (χ0v) is 36.6. The monoisotopic (exact) mass is 890 g/mol. The maximum atomic E-state index is 14.2. The molecule has 1 aliphatic carbocycles. The van der Waals surface area contributed by atoms with Gasteiger partial charge in [-0.25, -0.2) is 9.59 Å². The summed E-state index contributed by atoms with van der Waals surface area (Å²) in [7, 11) is 0. The van der Waals surface area contributed by atoms with Gasteiger partial charge in [-0.05, 0) is 75.2 Å². The van der Waals surface area contributed by atoms with Crippen LogP contribution in [0.25, 0.3) is 39.0 Å². The highest BCUT2D eigenvalue weighted by molar-refractivity contribution is 8.00. The fraction of sp³-hybridized carbons (Fsp3) is 0.140. The van der Waals surface area contributed by atoms with E-state index in [9.17, 15) is 19.5 Å². The lowest BCUT2D eigenvalue weighted by atomic mass is 9.93. The molecule has 2 aliphatic rings. The molecule has 6 atom stereocenters. The third kappa shape index (κ3) is 10.5. The van der Waals surface area contributed by atoms with E-state index in [0.29, 0.717) is 17.5 Å². The molecule has 9 rings (SSSR count). The molecular formula is C57H46O8S. The van der Waals surface area contributed by atoms with Gasteiger partial charge in [0.05, 0.1) is 22.3 Å². The van der Waals surface area contributed by atoms with E-state index < -0.39 is 53.0 Å².